The third kappa shape index (κ3) is 6.55. The molecule has 0 unspecified atom stereocenters. The lowest BCUT2D eigenvalue weighted by molar-refractivity contribution is 0.145. The Morgan fingerprint density at radius 1 is 1.12 bits per heavy atom. The quantitative estimate of drug-likeness (QED) is 0.498. The summed E-state index contributed by atoms with van der Waals surface area (Å²) in [6.45, 7) is 7.44. The van der Waals surface area contributed by atoms with Gasteiger partial charge in [-0.25, -0.2) is 4.68 Å². The summed E-state index contributed by atoms with van der Waals surface area (Å²) in [6.07, 6.45) is 8.43. The van der Waals surface area contributed by atoms with Gasteiger partial charge in [-0.3, -0.25) is 0 Å². The zero-order valence-corrected chi connectivity index (χ0v) is 15.5. The molecule has 5 nitrogen and oxygen atoms in total. The fourth-order valence-corrected chi connectivity index (χ4v) is 2.28. The molecule has 1 aromatic heterocycles. The van der Waals surface area contributed by atoms with Gasteiger partial charge in [0.1, 0.15) is 11.4 Å². The van der Waals surface area contributed by atoms with Crippen LogP contribution in [0.2, 0.25) is 0 Å². The Morgan fingerprint density at radius 2 is 1.88 bits per heavy atom. The van der Waals surface area contributed by atoms with Crippen molar-refractivity contribution in [3.05, 3.63) is 59.5 Å². The maximum absolute atomic E-state index is 5.68. The molecular formula is C20H27N3O2. The number of allylic oxidation sites excluding steroid dienone is 3. The Balaban J connectivity index is 1.78. The van der Waals surface area contributed by atoms with Crippen molar-refractivity contribution in [3.63, 3.8) is 0 Å². The molecule has 134 valence electrons. The third-order valence-corrected chi connectivity index (χ3v) is 3.77. The molecule has 0 radical (unpaired) electrons. The smallest absolute Gasteiger partial charge is 0.119 e. The minimum Gasteiger partial charge on any atom is -0.497 e. The molecule has 0 aliphatic heterocycles. The normalized spacial score (nSPS) is 11.4. The number of benzene rings is 1. The maximum Gasteiger partial charge on any atom is 0.119 e. The van der Waals surface area contributed by atoms with E-state index in [0.717, 1.165) is 30.0 Å². The summed E-state index contributed by atoms with van der Waals surface area (Å²) in [5.41, 5.74) is 4.46. The van der Waals surface area contributed by atoms with E-state index in [1.165, 1.54) is 11.1 Å². The molecule has 0 bridgehead atoms. The number of hydrogen-bond donors (Lipinski definition) is 0. The number of aromatic nitrogens is 3. The average molecular weight is 341 g/mol. The van der Waals surface area contributed by atoms with Gasteiger partial charge in [0, 0.05) is 0 Å². The van der Waals surface area contributed by atoms with Crippen molar-refractivity contribution in [1.29, 1.82) is 0 Å². The molecule has 1 aromatic carbocycles. The minimum atomic E-state index is 0.452. The highest BCUT2D eigenvalue weighted by Crippen LogP contribution is 2.14. The lowest BCUT2D eigenvalue weighted by Crippen LogP contribution is -1.95. The zero-order valence-electron chi connectivity index (χ0n) is 15.5. The molecule has 0 atom stereocenters. The van der Waals surface area contributed by atoms with Crippen LogP contribution in [-0.4, -0.2) is 28.7 Å². The van der Waals surface area contributed by atoms with E-state index in [9.17, 15) is 0 Å². The molecule has 0 aliphatic carbocycles. The van der Waals surface area contributed by atoms with Gasteiger partial charge in [0.05, 0.1) is 32.2 Å². The summed E-state index contributed by atoms with van der Waals surface area (Å²) < 4.78 is 12.6. The van der Waals surface area contributed by atoms with Crippen LogP contribution >= 0.6 is 0 Å². The van der Waals surface area contributed by atoms with Gasteiger partial charge in [0.25, 0.3) is 0 Å². The van der Waals surface area contributed by atoms with Crippen molar-refractivity contribution in [1.82, 2.24) is 15.0 Å². The van der Waals surface area contributed by atoms with Gasteiger partial charge in [-0.2, -0.15) is 0 Å². The van der Waals surface area contributed by atoms with E-state index in [2.05, 4.69) is 43.2 Å². The second-order valence-corrected chi connectivity index (χ2v) is 6.24. The van der Waals surface area contributed by atoms with Crippen molar-refractivity contribution in [2.75, 3.05) is 13.7 Å². The number of ether oxygens (including phenoxy) is 2. The average Bonchev–Trinajstić information content (AvgIpc) is 3.07. The van der Waals surface area contributed by atoms with Crippen molar-refractivity contribution >= 4 is 0 Å². The Morgan fingerprint density at radius 3 is 2.56 bits per heavy atom. The van der Waals surface area contributed by atoms with Gasteiger partial charge in [0.15, 0.2) is 0 Å². The van der Waals surface area contributed by atoms with Crippen molar-refractivity contribution in [2.24, 2.45) is 0 Å². The maximum atomic E-state index is 5.68. The first-order valence-corrected chi connectivity index (χ1v) is 8.51. The van der Waals surface area contributed by atoms with Gasteiger partial charge >= 0.3 is 0 Å². The number of nitrogens with zero attached hydrogens (tertiary/aromatic N) is 3. The fourth-order valence-electron chi connectivity index (χ4n) is 2.28. The van der Waals surface area contributed by atoms with Crippen molar-refractivity contribution in [3.8, 4) is 11.4 Å². The largest absolute Gasteiger partial charge is 0.497 e. The van der Waals surface area contributed by atoms with Gasteiger partial charge in [-0.05, 0) is 57.9 Å². The molecule has 2 aromatic rings. The number of rotatable bonds is 9. The third-order valence-electron chi connectivity index (χ3n) is 3.77. The molecule has 5 heteroatoms. The zero-order chi connectivity index (χ0) is 18.1. The fraction of sp³-hybridized carbons (Fsp3) is 0.400. The highest BCUT2D eigenvalue weighted by molar-refractivity contribution is 5.36. The first-order chi connectivity index (χ1) is 12.1. The topological polar surface area (TPSA) is 49.2 Å². The minimum absolute atomic E-state index is 0.452. The van der Waals surface area contributed by atoms with E-state index >= 15 is 0 Å². The van der Waals surface area contributed by atoms with Crippen molar-refractivity contribution in [2.45, 2.75) is 40.2 Å². The Kier molecular flexibility index (Phi) is 7.41. The lowest BCUT2D eigenvalue weighted by atomic mass is 10.1. The van der Waals surface area contributed by atoms with Crippen LogP contribution in [0.5, 0.6) is 5.75 Å². The molecule has 0 N–H and O–H groups in total. The Labute approximate surface area is 150 Å². The van der Waals surface area contributed by atoms with E-state index in [4.69, 9.17) is 9.47 Å². The summed E-state index contributed by atoms with van der Waals surface area (Å²) >= 11 is 0. The van der Waals surface area contributed by atoms with Gasteiger partial charge in [-0.15, -0.1) is 5.10 Å². The van der Waals surface area contributed by atoms with E-state index in [0.29, 0.717) is 13.2 Å². The predicted molar refractivity (Wildman–Crippen MR) is 100.0 cm³/mol. The predicted octanol–water partition coefficient (Wildman–Crippen LogP) is 4.49. The second-order valence-electron chi connectivity index (χ2n) is 6.24. The van der Waals surface area contributed by atoms with Crippen LogP contribution in [0.4, 0.5) is 0 Å². The van der Waals surface area contributed by atoms with Crippen molar-refractivity contribution < 1.29 is 9.47 Å². The van der Waals surface area contributed by atoms with Gasteiger partial charge in [-0.1, -0.05) is 28.5 Å². The summed E-state index contributed by atoms with van der Waals surface area (Å²) in [4.78, 5) is 0. The molecule has 25 heavy (non-hydrogen) atoms. The molecule has 0 saturated carbocycles. The number of methoxy groups -OCH3 is 1. The molecule has 2 rings (SSSR count). The second kappa shape index (κ2) is 9.79. The molecule has 0 aliphatic rings. The van der Waals surface area contributed by atoms with Gasteiger partial charge in [0.2, 0.25) is 0 Å². The summed E-state index contributed by atoms with van der Waals surface area (Å²) in [7, 11) is 1.65. The Hall–Kier alpha value is -2.40. The van der Waals surface area contributed by atoms with E-state index < -0.39 is 0 Å². The summed E-state index contributed by atoms with van der Waals surface area (Å²) in [5.74, 6) is 0.819. The summed E-state index contributed by atoms with van der Waals surface area (Å²) in [6, 6.07) is 7.68. The van der Waals surface area contributed by atoms with Crippen LogP contribution in [-0.2, 0) is 11.3 Å². The molecule has 1 heterocycles. The lowest BCUT2D eigenvalue weighted by Gasteiger charge is -2.02. The van der Waals surface area contributed by atoms with Crippen LogP contribution in [0.3, 0.4) is 0 Å². The monoisotopic (exact) mass is 341 g/mol. The highest BCUT2D eigenvalue weighted by Gasteiger charge is 2.03. The van der Waals surface area contributed by atoms with E-state index in [-0.39, 0.29) is 0 Å². The van der Waals surface area contributed by atoms with Crippen LogP contribution < -0.4 is 4.74 Å². The van der Waals surface area contributed by atoms with Crippen LogP contribution in [0.15, 0.2) is 53.8 Å². The summed E-state index contributed by atoms with van der Waals surface area (Å²) in [5, 5.41) is 8.29. The Bertz CT molecular complexity index is 711. The first-order valence-electron chi connectivity index (χ1n) is 8.51. The molecular weight excluding hydrogens is 314 g/mol. The SMILES string of the molecule is COc1ccc(-n2cc(COC/C=C(\C)CCC=C(C)C)nn2)cc1. The van der Waals surface area contributed by atoms with Gasteiger partial charge < -0.3 is 9.47 Å². The van der Waals surface area contributed by atoms with Crippen LogP contribution in [0, 0.1) is 0 Å². The molecule has 0 fully saturated rings. The molecule has 0 saturated heterocycles. The van der Waals surface area contributed by atoms with Crippen LogP contribution in [0.25, 0.3) is 5.69 Å². The molecule has 0 spiro atoms. The van der Waals surface area contributed by atoms with E-state index in [1.54, 1.807) is 11.8 Å². The standard InChI is InChI=1S/C20H27N3O2/c1-16(2)6-5-7-17(3)12-13-25-15-18-14-23(22-21-18)19-8-10-20(24-4)11-9-19/h6,8-12,14H,5,7,13,15H2,1-4H3/b17-12+. The van der Waals surface area contributed by atoms with E-state index in [1.807, 2.05) is 30.5 Å². The number of hydrogen-bond acceptors (Lipinski definition) is 4. The highest BCUT2D eigenvalue weighted by atomic mass is 16.5. The van der Waals surface area contributed by atoms with Crippen LogP contribution in [0.1, 0.15) is 39.3 Å². The first kappa shape index (κ1) is 18.9. The molecule has 0 amide bonds.